The molecule has 1 heterocycles. The van der Waals surface area contributed by atoms with E-state index in [1.165, 1.54) is 6.07 Å². The highest BCUT2D eigenvalue weighted by molar-refractivity contribution is 6.35. The fourth-order valence-electron chi connectivity index (χ4n) is 1.97. The highest BCUT2D eigenvalue weighted by atomic mass is 35.5. The van der Waals surface area contributed by atoms with Gasteiger partial charge in [-0.2, -0.15) is 13.5 Å². The van der Waals surface area contributed by atoms with E-state index in [1.807, 2.05) is 0 Å². The summed E-state index contributed by atoms with van der Waals surface area (Å²) in [5, 5.41) is 31.1. The quantitative estimate of drug-likeness (QED) is 0.629. The summed E-state index contributed by atoms with van der Waals surface area (Å²) in [6, 6.07) is 3.53. The van der Waals surface area contributed by atoms with Crippen LogP contribution in [0.25, 0.3) is 0 Å². The van der Waals surface area contributed by atoms with Gasteiger partial charge in [-0.1, -0.05) is 29.3 Å². The Morgan fingerprint density at radius 3 is 2.35 bits per heavy atom. The molecule has 9 heteroatoms. The molecule has 0 aliphatic rings. The number of hydrogen-bond donors (Lipinski definition) is 2. The lowest BCUT2D eigenvalue weighted by Crippen LogP contribution is -2.25. The first kappa shape index (κ1) is 17.5. The number of alkyl halides is 2. The number of phenolic OH excluding ortho intramolecular Hbond substituents is 1. The number of benzene rings is 1. The zero-order chi connectivity index (χ0) is 17.1. The fourth-order valence-corrected chi connectivity index (χ4v) is 2.57. The lowest BCUT2D eigenvalue weighted by molar-refractivity contribution is -0.605. The minimum absolute atomic E-state index is 0.0347. The molecule has 5 nitrogen and oxygen atoms in total. The minimum atomic E-state index is -3.07. The molecule has 0 fully saturated rings. The highest BCUT2D eigenvalue weighted by Crippen LogP contribution is 2.33. The van der Waals surface area contributed by atoms with Crippen molar-refractivity contribution in [3.05, 3.63) is 57.0 Å². The van der Waals surface area contributed by atoms with Gasteiger partial charge in [0.2, 0.25) is 0 Å². The van der Waals surface area contributed by atoms with Crippen LogP contribution in [0.5, 0.6) is 11.5 Å². The number of aliphatic hydroxyl groups is 1. The number of aromatic nitrogens is 1. The third-order valence-electron chi connectivity index (χ3n) is 3.04. The lowest BCUT2D eigenvalue weighted by Gasteiger charge is -2.14. The zero-order valence-corrected chi connectivity index (χ0v) is 12.9. The van der Waals surface area contributed by atoms with Gasteiger partial charge < -0.3 is 20.2 Å². The van der Waals surface area contributed by atoms with Crippen LogP contribution < -0.4 is 9.47 Å². The van der Waals surface area contributed by atoms with Crippen molar-refractivity contribution in [3.8, 4) is 11.5 Å². The third kappa shape index (κ3) is 4.34. The molecular weight excluding hydrogens is 355 g/mol. The molecule has 0 aliphatic carbocycles. The molecule has 1 aromatic heterocycles. The zero-order valence-electron chi connectivity index (χ0n) is 11.4. The SMILES string of the molecule is [O-][n+]1cc(Cl)c(CC(O)c2ccc(OC(F)F)c(O)c2)c(Cl)c1. The van der Waals surface area contributed by atoms with E-state index in [0.29, 0.717) is 10.3 Å². The van der Waals surface area contributed by atoms with Gasteiger partial charge in [-0.3, -0.25) is 0 Å². The Balaban J connectivity index is 2.21. The summed E-state index contributed by atoms with van der Waals surface area (Å²) in [6.07, 6.45) is 1.02. The summed E-state index contributed by atoms with van der Waals surface area (Å²) >= 11 is 11.8. The summed E-state index contributed by atoms with van der Waals surface area (Å²) in [4.78, 5) is 0. The molecule has 1 aromatic carbocycles. The smallest absolute Gasteiger partial charge is 0.387 e. The molecule has 2 aromatic rings. The van der Waals surface area contributed by atoms with Crippen molar-refractivity contribution in [1.82, 2.24) is 0 Å². The summed E-state index contributed by atoms with van der Waals surface area (Å²) in [5.41, 5.74) is 0.593. The van der Waals surface area contributed by atoms with Crippen LogP contribution in [-0.4, -0.2) is 16.8 Å². The number of rotatable bonds is 5. The Labute approximate surface area is 139 Å². The predicted molar refractivity (Wildman–Crippen MR) is 78.8 cm³/mol. The average Bonchev–Trinajstić information content (AvgIpc) is 2.44. The molecule has 0 radical (unpaired) electrons. The van der Waals surface area contributed by atoms with Gasteiger partial charge in [-0.25, -0.2) is 0 Å². The maximum atomic E-state index is 12.1. The molecule has 2 rings (SSSR count). The van der Waals surface area contributed by atoms with Gasteiger partial charge in [0.25, 0.3) is 0 Å². The van der Waals surface area contributed by atoms with Crippen LogP contribution in [-0.2, 0) is 6.42 Å². The molecule has 1 atom stereocenters. The van der Waals surface area contributed by atoms with Crippen LogP contribution in [0.4, 0.5) is 8.78 Å². The predicted octanol–water partition coefficient (Wildman–Crippen LogP) is 3.21. The van der Waals surface area contributed by atoms with Crippen molar-refractivity contribution < 1.29 is 28.5 Å². The Bertz CT molecular complexity index is 692. The standard InChI is InChI=1S/C14H11Cl2F2NO4/c15-9-5-19(22)6-10(16)8(9)4-11(20)7-1-2-13(12(21)3-7)23-14(17)18/h1-3,5-6,11,14,20-21H,4H2. The van der Waals surface area contributed by atoms with Gasteiger partial charge in [0.1, 0.15) is 10.0 Å². The van der Waals surface area contributed by atoms with Gasteiger partial charge in [0.15, 0.2) is 23.9 Å². The number of aliphatic hydroxyl groups excluding tert-OH is 1. The first-order chi connectivity index (χ1) is 10.8. The first-order valence-electron chi connectivity index (χ1n) is 6.30. The second-order valence-electron chi connectivity index (χ2n) is 4.62. The first-order valence-corrected chi connectivity index (χ1v) is 7.06. The fraction of sp³-hybridized carbons (Fsp3) is 0.214. The Hall–Kier alpha value is -1.83. The molecule has 0 saturated heterocycles. The molecule has 0 spiro atoms. The van der Waals surface area contributed by atoms with Crippen molar-refractivity contribution in [1.29, 1.82) is 0 Å². The second-order valence-corrected chi connectivity index (χ2v) is 5.43. The van der Waals surface area contributed by atoms with Crippen LogP contribution >= 0.6 is 23.2 Å². The Morgan fingerprint density at radius 2 is 1.83 bits per heavy atom. The molecular formula is C14H11Cl2F2NO4. The largest absolute Gasteiger partial charge is 0.619 e. The van der Waals surface area contributed by atoms with Crippen LogP contribution in [0.2, 0.25) is 10.0 Å². The summed E-state index contributed by atoms with van der Waals surface area (Å²) in [5.74, 6) is -0.941. The van der Waals surface area contributed by atoms with Crippen molar-refractivity contribution in [2.24, 2.45) is 0 Å². The molecule has 0 aliphatic heterocycles. The Morgan fingerprint density at radius 1 is 1.22 bits per heavy atom. The van der Waals surface area contributed by atoms with Crippen LogP contribution in [0, 0.1) is 5.21 Å². The van der Waals surface area contributed by atoms with E-state index < -0.39 is 24.2 Å². The van der Waals surface area contributed by atoms with Gasteiger partial charge in [-0.05, 0) is 17.7 Å². The van der Waals surface area contributed by atoms with Crippen molar-refractivity contribution >= 4 is 23.2 Å². The van der Waals surface area contributed by atoms with Crippen LogP contribution in [0.1, 0.15) is 17.2 Å². The van der Waals surface area contributed by atoms with Gasteiger partial charge in [-0.15, -0.1) is 0 Å². The average molecular weight is 366 g/mol. The Kier molecular flexibility index (Phi) is 5.46. The molecule has 0 bridgehead atoms. The molecule has 124 valence electrons. The van der Waals surface area contributed by atoms with E-state index in [2.05, 4.69) is 4.74 Å². The lowest BCUT2D eigenvalue weighted by atomic mass is 10.0. The minimum Gasteiger partial charge on any atom is -0.619 e. The highest BCUT2D eigenvalue weighted by Gasteiger charge is 2.18. The van der Waals surface area contributed by atoms with E-state index >= 15 is 0 Å². The normalized spacial score (nSPS) is 12.4. The maximum Gasteiger partial charge on any atom is 0.387 e. The van der Waals surface area contributed by atoms with Crippen LogP contribution in [0.15, 0.2) is 30.6 Å². The van der Waals surface area contributed by atoms with Crippen molar-refractivity contribution in [2.45, 2.75) is 19.1 Å². The molecule has 2 N–H and O–H groups in total. The number of halogens is 4. The topological polar surface area (TPSA) is 76.6 Å². The van der Waals surface area contributed by atoms with Gasteiger partial charge in [0, 0.05) is 12.0 Å². The van der Waals surface area contributed by atoms with Crippen molar-refractivity contribution in [3.63, 3.8) is 0 Å². The van der Waals surface area contributed by atoms with Crippen molar-refractivity contribution in [2.75, 3.05) is 0 Å². The van der Waals surface area contributed by atoms with Crippen LogP contribution in [0.3, 0.4) is 0 Å². The number of ether oxygens (including phenoxy) is 1. The third-order valence-corrected chi connectivity index (χ3v) is 3.69. The molecule has 23 heavy (non-hydrogen) atoms. The molecule has 1 unspecified atom stereocenters. The van der Waals surface area contributed by atoms with Gasteiger partial charge in [0.05, 0.1) is 6.10 Å². The van der Waals surface area contributed by atoms with Gasteiger partial charge >= 0.3 is 6.61 Å². The number of phenols is 1. The summed E-state index contributed by atoms with van der Waals surface area (Å²) in [6.45, 7) is -3.07. The molecule has 0 amide bonds. The van der Waals surface area contributed by atoms with E-state index in [-0.39, 0.29) is 22.0 Å². The number of pyridine rings is 1. The number of hydrogen-bond acceptors (Lipinski definition) is 4. The number of nitrogens with zero attached hydrogens (tertiary/aromatic N) is 1. The number of aromatic hydroxyl groups is 1. The van der Waals surface area contributed by atoms with E-state index in [1.54, 1.807) is 0 Å². The maximum absolute atomic E-state index is 12.1. The monoisotopic (exact) mass is 365 g/mol. The summed E-state index contributed by atoms with van der Waals surface area (Å²) < 4.78 is 28.8. The summed E-state index contributed by atoms with van der Waals surface area (Å²) in [7, 11) is 0. The van der Waals surface area contributed by atoms with E-state index in [0.717, 1.165) is 24.5 Å². The molecule has 0 saturated carbocycles. The van der Waals surface area contributed by atoms with E-state index in [9.17, 15) is 24.2 Å². The van der Waals surface area contributed by atoms with E-state index in [4.69, 9.17) is 23.2 Å². The second kappa shape index (κ2) is 7.16.